The third-order valence-electron chi connectivity index (χ3n) is 3.87. The fourth-order valence-electron chi connectivity index (χ4n) is 2.56. The van der Waals surface area contributed by atoms with E-state index in [2.05, 4.69) is 4.98 Å². The van der Waals surface area contributed by atoms with Crippen molar-refractivity contribution in [2.75, 3.05) is 11.9 Å². The van der Waals surface area contributed by atoms with Gasteiger partial charge in [-0.2, -0.15) is 0 Å². The zero-order valence-electron chi connectivity index (χ0n) is 13.9. The molecule has 2 aromatic heterocycles. The van der Waals surface area contributed by atoms with Crippen molar-refractivity contribution >= 4 is 27.3 Å². The number of halogens is 1. The van der Waals surface area contributed by atoms with Crippen molar-refractivity contribution in [3.05, 3.63) is 77.3 Å². The average Bonchev–Trinajstić information content (AvgIpc) is 3.05. The Balaban J connectivity index is 1.82. The summed E-state index contributed by atoms with van der Waals surface area (Å²) in [7, 11) is -1.70. The van der Waals surface area contributed by atoms with E-state index < -0.39 is 10.0 Å². The molecule has 7 heteroatoms. The first-order chi connectivity index (χ1) is 11.9. The summed E-state index contributed by atoms with van der Waals surface area (Å²) in [6.45, 7) is 2.53. The Morgan fingerprint density at radius 2 is 2.04 bits per heavy atom. The molecule has 0 unspecified atom stereocenters. The van der Waals surface area contributed by atoms with E-state index in [1.54, 1.807) is 30.7 Å². The standard InChI is InChI=1S/C18H18ClN3O2S/c1-14-5-6-18(17(19)10-14)21(2)12-15-7-9-22(13-15)25(23,24)16-4-3-8-20-11-16/h3-11,13H,12H2,1-2H3. The smallest absolute Gasteiger partial charge is 0.269 e. The van der Waals surface area contributed by atoms with Gasteiger partial charge in [-0.3, -0.25) is 4.98 Å². The molecule has 0 fully saturated rings. The molecule has 0 saturated heterocycles. The fourth-order valence-corrected chi connectivity index (χ4v) is 4.13. The minimum atomic E-state index is -3.62. The molecule has 0 radical (unpaired) electrons. The number of hydrogen-bond donors (Lipinski definition) is 0. The van der Waals surface area contributed by atoms with Crippen molar-refractivity contribution in [1.82, 2.24) is 8.96 Å². The lowest BCUT2D eigenvalue weighted by molar-refractivity contribution is 0.587. The number of benzene rings is 1. The highest BCUT2D eigenvalue weighted by atomic mass is 35.5. The first-order valence-electron chi connectivity index (χ1n) is 7.68. The highest BCUT2D eigenvalue weighted by molar-refractivity contribution is 7.90. The van der Waals surface area contributed by atoms with Crippen LogP contribution in [0.3, 0.4) is 0 Å². The molecule has 3 rings (SSSR count). The summed E-state index contributed by atoms with van der Waals surface area (Å²) < 4.78 is 26.4. The van der Waals surface area contributed by atoms with Crippen molar-refractivity contribution in [2.45, 2.75) is 18.4 Å². The third kappa shape index (κ3) is 3.70. The van der Waals surface area contributed by atoms with Crippen LogP contribution in [-0.2, 0) is 16.6 Å². The lowest BCUT2D eigenvalue weighted by Crippen LogP contribution is -2.17. The average molecular weight is 376 g/mol. The molecule has 0 atom stereocenters. The Morgan fingerprint density at radius 3 is 2.72 bits per heavy atom. The van der Waals surface area contributed by atoms with Crippen LogP contribution in [0.25, 0.3) is 0 Å². The van der Waals surface area contributed by atoms with Gasteiger partial charge in [0.2, 0.25) is 0 Å². The number of rotatable bonds is 5. The van der Waals surface area contributed by atoms with Gasteiger partial charge in [0.25, 0.3) is 10.0 Å². The molecule has 0 aliphatic rings. The Kier molecular flexibility index (Phi) is 4.83. The van der Waals surface area contributed by atoms with E-state index in [9.17, 15) is 8.42 Å². The molecular formula is C18H18ClN3O2S. The first kappa shape index (κ1) is 17.5. The maximum absolute atomic E-state index is 12.6. The highest BCUT2D eigenvalue weighted by Crippen LogP contribution is 2.27. The Bertz CT molecular complexity index is 985. The lowest BCUT2D eigenvalue weighted by Gasteiger charge is -2.20. The van der Waals surface area contributed by atoms with Crippen LogP contribution >= 0.6 is 11.6 Å². The van der Waals surface area contributed by atoms with Crippen molar-refractivity contribution < 1.29 is 8.42 Å². The van der Waals surface area contributed by atoms with Gasteiger partial charge in [0, 0.05) is 38.4 Å². The topological polar surface area (TPSA) is 55.2 Å². The van der Waals surface area contributed by atoms with Crippen LogP contribution < -0.4 is 4.90 Å². The zero-order chi connectivity index (χ0) is 18.0. The number of pyridine rings is 1. The minimum absolute atomic E-state index is 0.159. The number of aromatic nitrogens is 2. The molecule has 0 N–H and O–H groups in total. The number of anilines is 1. The normalized spacial score (nSPS) is 11.5. The molecule has 0 spiro atoms. The van der Waals surface area contributed by atoms with Crippen molar-refractivity contribution in [3.8, 4) is 0 Å². The van der Waals surface area contributed by atoms with Crippen LogP contribution in [0, 0.1) is 6.92 Å². The largest absolute Gasteiger partial charge is 0.369 e. The maximum atomic E-state index is 12.6. The van der Waals surface area contributed by atoms with Crippen LogP contribution in [0.15, 0.2) is 66.1 Å². The fraction of sp³-hybridized carbons (Fsp3) is 0.167. The molecule has 3 aromatic rings. The molecule has 0 aliphatic heterocycles. The molecule has 0 amide bonds. The van der Waals surface area contributed by atoms with Crippen LogP contribution in [-0.4, -0.2) is 24.4 Å². The summed E-state index contributed by atoms with van der Waals surface area (Å²) in [4.78, 5) is 6.02. The summed E-state index contributed by atoms with van der Waals surface area (Å²) >= 11 is 6.30. The Hall–Kier alpha value is -2.31. The quantitative estimate of drug-likeness (QED) is 0.682. The van der Waals surface area contributed by atoms with Crippen molar-refractivity contribution in [3.63, 3.8) is 0 Å². The van der Waals surface area contributed by atoms with E-state index >= 15 is 0 Å². The Labute approximate surface area is 152 Å². The van der Waals surface area contributed by atoms with Crippen LogP contribution in [0.2, 0.25) is 5.02 Å². The maximum Gasteiger partial charge on any atom is 0.269 e. The van der Waals surface area contributed by atoms with Crippen LogP contribution in [0.1, 0.15) is 11.1 Å². The molecule has 2 heterocycles. The van der Waals surface area contributed by atoms with E-state index in [-0.39, 0.29) is 4.90 Å². The summed E-state index contributed by atoms with van der Waals surface area (Å²) in [5, 5.41) is 0.671. The van der Waals surface area contributed by atoms with E-state index in [1.165, 1.54) is 16.2 Å². The van der Waals surface area contributed by atoms with Crippen LogP contribution in [0.4, 0.5) is 5.69 Å². The van der Waals surface area contributed by atoms with Crippen molar-refractivity contribution in [1.29, 1.82) is 0 Å². The van der Waals surface area contributed by atoms with E-state index in [4.69, 9.17) is 11.6 Å². The second kappa shape index (κ2) is 6.90. The molecule has 0 saturated carbocycles. The SMILES string of the molecule is Cc1ccc(N(C)Cc2ccn(S(=O)(=O)c3cccnc3)c2)c(Cl)c1. The number of nitrogens with zero attached hydrogens (tertiary/aromatic N) is 3. The molecule has 0 bridgehead atoms. The van der Waals surface area contributed by atoms with E-state index in [0.29, 0.717) is 11.6 Å². The molecular weight excluding hydrogens is 358 g/mol. The number of aryl methyl sites for hydroxylation is 1. The predicted molar refractivity (Wildman–Crippen MR) is 99.5 cm³/mol. The van der Waals surface area contributed by atoms with Gasteiger partial charge in [-0.25, -0.2) is 12.4 Å². The summed E-state index contributed by atoms with van der Waals surface area (Å²) in [5.41, 5.74) is 2.86. The highest BCUT2D eigenvalue weighted by Gasteiger charge is 2.17. The summed E-state index contributed by atoms with van der Waals surface area (Å²) in [6.07, 6.45) is 6.04. The van der Waals surface area contributed by atoms with Gasteiger partial charge in [-0.1, -0.05) is 17.7 Å². The van der Waals surface area contributed by atoms with E-state index in [0.717, 1.165) is 16.8 Å². The minimum Gasteiger partial charge on any atom is -0.369 e. The van der Waals surface area contributed by atoms with Gasteiger partial charge >= 0.3 is 0 Å². The van der Waals surface area contributed by atoms with Gasteiger partial charge < -0.3 is 4.90 Å². The van der Waals surface area contributed by atoms with Crippen LogP contribution in [0.5, 0.6) is 0 Å². The predicted octanol–water partition coefficient (Wildman–Crippen LogP) is 3.72. The van der Waals surface area contributed by atoms with E-state index in [1.807, 2.05) is 37.1 Å². The molecule has 0 aliphatic carbocycles. The summed E-state index contributed by atoms with van der Waals surface area (Å²) in [6, 6.07) is 10.8. The third-order valence-corrected chi connectivity index (χ3v) is 5.79. The zero-order valence-corrected chi connectivity index (χ0v) is 15.5. The van der Waals surface area contributed by atoms with Gasteiger partial charge in [-0.05, 0) is 48.4 Å². The van der Waals surface area contributed by atoms with Gasteiger partial charge in [0.05, 0.1) is 10.7 Å². The monoisotopic (exact) mass is 375 g/mol. The van der Waals surface area contributed by atoms with Gasteiger partial charge in [-0.15, -0.1) is 0 Å². The summed E-state index contributed by atoms with van der Waals surface area (Å²) in [5.74, 6) is 0. The second-order valence-electron chi connectivity index (χ2n) is 5.85. The Morgan fingerprint density at radius 1 is 1.24 bits per heavy atom. The van der Waals surface area contributed by atoms with Gasteiger partial charge in [0.15, 0.2) is 0 Å². The number of hydrogen-bond acceptors (Lipinski definition) is 4. The molecule has 1 aromatic carbocycles. The van der Waals surface area contributed by atoms with Crippen molar-refractivity contribution in [2.24, 2.45) is 0 Å². The second-order valence-corrected chi connectivity index (χ2v) is 8.10. The molecule has 25 heavy (non-hydrogen) atoms. The molecule has 5 nitrogen and oxygen atoms in total. The molecule has 130 valence electrons. The first-order valence-corrected chi connectivity index (χ1v) is 9.49. The lowest BCUT2D eigenvalue weighted by atomic mass is 10.2. The van der Waals surface area contributed by atoms with Gasteiger partial charge in [0.1, 0.15) is 4.90 Å².